The van der Waals surface area contributed by atoms with E-state index < -0.39 is 35.9 Å². The van der Waals surface area contributed by atoms with Crippen LogP contribution in [0.15, 0.2) is 41.4 Å². The van der Waals surface area contributed by atoms with Crippen molar-refractivity contribution in [3.05, 3.63) is 52.5 Å². The highest BCUT2D eigenvalue weighted by Crippen LogP contribution is 2.45. The Morgan fingerprint density at radius 1 is 1.22 bits per heavy atom. The van der Waals surface area contributed by atoms with Crippen molar-refractivity contribution in [3.63, 3.8) is 0 Å². The summed E-state index contributed by atoms with van der Waals surface area (Å²) in [5, 5.41) is 41.0. The Hall–Kier alpha value is -2.62. The maximum atomic E-state index is 13.4. The fourth-order valence-corrected chi connectivity index (χ4v) is 5.06. The standard InChI is InChI=1S/C23H31NO8/c1-5-13-9-11(2)8-12(3)17(13)18-15(25)6-7-24(22(18)29)32-21-14(23(30)31-4)10-16(26)19(27)20(21)28/h5-7,10-13,16-17,19-21,25-28H,1,8-9H2,2-4H3/t11-,12+,13-,16-,17-,19-,20-,21-/m1/s1. The highest BCUT2D eigenvalue weighted by molar-refractivity contribution is 5.90. The third kappa shape index (κ3) is 4.32. The van der Waals surface area contributed by atoms with Crippen LogP contribution in [0.25, 0.3) is 0 Å². The Morgan fingerprint density at radius 2 is 1.91 bits per heavy atom. The number of carbonyl (C=O) groups is 1. The minimum Gasteiger partial charge on any atom is -0.507 e. The molecule has 1 aromatic rings. The molecule has 1 saturated carbocycles. The molecule has 32 heavy (non-hydrogen) atoms. The molecule has 9 heteroatoms. The van der Waals surface area contributed by atoms with Gasteiger partial charge in [-0.1, -0.05) is 19.9 Å². The molecule has 0 spiro atoms. The molecule has 0 bridgehead atoms. The van der Waals surface area contributed by atoms with Crippen LogP contribution in [0.4, 0.5) is 0 Å². The molecule has 2 aliphatic rings. The molecule has 0 radical (unpaired) electrons. The van der Waals surface area contributed by atoms with Crippen molar-refractivity contribution in [3.8, 4) is 5.75 Å². The second-order valence-corrected chi connectivity index (χ2v) is 8.84. The number of rotatable bonds is 5. The van der Waals surface area contributed by atoms with Gasteiger partial charge >= 0.3 is 5.97 Å². The van der Waals surface area contributed by atoms with Crippen molar-refractivity contribution in [2.24, 2.45) is 17.8 Å². The molecule has 1 fully saturated rings. The van der Waals surface area contributed by atoms with E-state index in [2.05, 4.69) is 18.2 Å². The zero-order chi connectivity index (χ0) is 23.7. The third-order valence-corrected chi connectivity index (χ3v) is 6.55. The largest absolute Gasteiger partial charge is 0.507 e. The molecule has 9 nitrogen and oxygen atoms in total. The molecule has 0 saturated heterocycles. The maximum absolute atomic E-state index is 13.4. The van der Waals surface area contributed by atoms with Crippen LogP contribution in [0.5, 0.6) is 5.75 Å². The predicted octanol–water partition coefficient (Wildman–Crippen LogP) is 0.499. The van der Waals surface area contributed by atoms with E-state index >= 15 is 0 Å². The molecule has 1 heterocycles. The van der Waals surface area contributed by atoms with Gasteiger partial charge in [0.25, 0.3) is 5.56 Å². The molecule has 0 amide bonds. The summed E-state index contributed by atoms with van der Waals surface area (Å²) in [5.41, 5.74) is -0.699. The fraction of sp³-hybridized carbons (Fsp3) is 0.565. The first-order valence-electron chi connectivity index (χ1n) is 10.7. The van der Waals surface area contributed by atoms with Crippen molar-refractivity contribution in [1.29, 1.82) is 0 Å². The van der Waals surface area contributed by atoms with E-state index in [1.807, 2.05) is 6.92 Å². The topological polar surface area (TPSA) is 138 Å². The van der Waals surface area contributed by atoms with Crippen LogP contribution in [-0.2, 0) is 9.53 Å². The average molecular weight is 450 g/mol. The van der Waals surface area contributed by atoms with Crippen LogP contribution in [0.1, 0.15) is 38.2 Å². The average Bonchev–Trinajstić information content (AvgIpc) is 2.75. The van der Waals surface area contributed by atoms with Crippen molar-refractivity contribution in [2.45, 2.75) is 57.0 Å². The Labute approximate surface area is 186 Å². The lowest BCUT2D eigenvalue weighted by Gasteiger charge is -2.38. The monoisotopic (exact) mass is 449 g/mol. The zero-order valence-corrected chi connectivity index (χ0v) is 18.4. The van der Waals surface area contributed by atoms with Crippen molar-refractivity contribution >= 4 is 5.97 Å². The lowest BCUT2D eigenvalue weighted by atomic mass is 9.66. The van der Waals surface area contributed by atoms with Gasteiger partial charge in [-0.15, -0.1) is 6.58 Å². The van der Waals surface area contributed by atoms with Gasteiger partial charge in [0, 0.05) is 12.0 Å². The summed E-state index contributed by atoms with van der Waals surface area (Å²) < 4.78 is 5.51. The molecular formula is C23H31NO8. The zero-order valence-electron chi connectivity index (χ0n) is 18.4. The Morgan fingerprint density at radius 3 is 2.53 bits per heavy atom. The van der Waals surface area contributed by atoms with Crippen molar-refractivity contribution in [1.82, 2.24) is 4.73 Å². The second-order valence-electron chi connectivity index (χ2n) is 8.84. The van der Waals surface area contributed by atoms with E-state index in [-0.39, 0.29) is 34.6 Å². The molecular weight excluding hydrogens is 418 g/mol. The van der Waals surface area contributed by atoms with E-state index in [0.29, 0.717) is 5.92 Å². The highest BCUT2D eigenvalue weighted by atomic mass is 16.7. The summed E-state index contributed by atoms with van der Waals surface area (Å²) >= 11 is 0. The van der Waals surface area contributed by atoms with Gasteiger partial charge in [0.15, 0.2) is 6.10 Å². The molecule has 8 atom stereocenters. The molecule has 3 rings (SSSR count). The van der Waals surface area contributed by atoms with Gasteiger partial charge in [-0.2, -0.15) is 4.73 Å². The van der Waals surface area contributed by atoms with Crippen LogP contribution in [0.2, 0.25) is 0 Å². The lowest BCUT2D eigenvalue weighted by molar-refractivity contribution is -0.146. The smallest absolute Gasteiger partial charge is 0.337 e. The van der Waals surface area contributed by atoms with Crippen LogP contribution in [-0.4, -0.2) is 62.7 Å². The minimum atomic E-state index is -1.70. The van der Waals surface area contributed by atoms with Gasteiger partial charge in [0.05, 0.1) is 24.4 Å². The SMILES string of the molecule is C=C[C@@H]1C[C@H](C)C[C@H](C)[C@H]1c1c(O)ccn(O[C@@H]2C(C(=O)OC)=C[C@@H](O)[C@@H](O)[C@H]2O)c1=O. The summed E-state index contributed by atoms with van der Waals surface area (Å²) in [6, 6.07) is 1.31. The number of aromatic nitrogens is 1. The predicted molar refractivity (Wildman–Crippen MR) is 115 cm³/mol. The quantitative estimate of drug-likeness (QED) is 0.377. The molecule has 0 aromatic carbocycles. The number of carbonyl (C=O) groups excluding carboxylic acids is 1. The number of aromatic hydroxyl groups is 1. The number of esters is 1. The number of pyridine rings is 1. The number of hydrogen-bond acceptors (Lipinski definition) is 8. The molecule has 4 N–H and O–H groups in total. The van der Waals surface area contributed by atoms with Crippen LogP contribution in [0, 0.1) is 17.8 Å². The first kappa shape index (κ1) is 24.0. The third-order valence-electron chi connectivity index (χ3n) is 6.55. The summed E-state index contributed by atoms with van der Waals surface area (Å²) in [4.78, 5) is 31.2. The fourth-order valence-electron chi connectivity index (χ4n) is 5.06. The number of methoxy groups -OCH3 is 1. The van der Waals surface area contributed by atoms with Gasteiger partial charge < -0.3 is 30.0 Å². The van der Waals surface area contributed by atoms with Gasteiger partial charge in [-0.05, 0) is 36.7 Å². The first-order chi connectivity index (χ1) is 15.1. The van der Waals surface area contributed by atoms with E-state index in [1.54, 1.807) is 6.08 Å². The Kier molecular flexibility index (Phi) is 7.12. The normalized spacial score (nSPS) is 35.0. The van der Waals surface area contributed by atoms with Gasteiger partial charge in [-0.3, -0.25) is 4.79 Å². The number of hydrogen-bond donors (Lipinski definition) is 4. The highest BCUT2D eigenvalue weighted by Gasteiger charge is 2.43. The number of aliphatic hydroxyl groups is 3. The maximum Gasteiger partial charge on any atom is 0.337 e. The number of aliphatic hydroxyl groups excluding tert-OH is 3. The van der Waals surface area contributed by atoms with Crippen LogP contribution >= 0.6 is 0 Å². The van der Waals surface area contributed by atoms with E-state index in [9.17, 15) is 30.0 Å². The van der Waals surface area contributed by atoms with Crippen molar-refractivity contribution < 1.29 is 34.8 Å². The number of ether oxygens (including phenoxy) is 1. The Bertz CT molecular complexity index is 954. The van der Waals surface area contributed by atoms with Crippen LogP contribution in [0.3, 0.4) is 0 Å². The minimum absolute atomic E-state index is 0.0223. The lowest BCUT2D eigenvalue weighted by Crippen LogP contribution is -2.55. The molecule has 0 aliphatic heterocycles. The Balaban J connectivity index is 2.03. The molecule has 2 aliphatic carbocycles. The molecule has 1 aromatic heterocycles. The van der Waals surface area contributed by atoms with E-state index in [4.69, 9.17) is 4.84 Å². The van der Waals surface area contributed by atoms with E-state index in [0.717, 1.165) is 30.8 Å². The molecule has 176 valence electrons. The van der Waals surface area contributed by atoms with Gasteiger partial charge in [-0.25, -0.2) is 4.79 Å². The summed E-state index contributed by atoms with van der Waals surface area (Å²) in [6.07, 6.45) is -0.612. The summed E-state index contributed by atoms with van der Waals surface area (Å²) in [6.45, 7) is 8.07. The van der Waals surface area contributed by atoms with E-state index in [1.165, 1.54) is 12.3 Å². The van der Waals surface area contributed by atoms with Gasteiger partial charge in [0.2, 0.25) is 0 Å². The summed E-state index contributed by atoms with van der Waals surface area (Å²) in [5.74, 6) is -0.812. The number of nitrogens with zero attached hydrogens (tertiary/aromatic N) is 1. The van der Waals surface area contributed by atoms with Gasteiger partial charge in [0.1, 0.15) is 24.1 Å². The van der Waals surface area contributed by atoms with Crippen LogP contribution < -0.4 is 10.4 Å². The molecule has 0 unspecified atom stereocenters. The first-order valence-corrected chi connectivity index (χ1v) is 10.7. The second kappa shape index (κ2) is 9.48. The number of allylic oxidation sites excluding steroid dienone is 1. The summed E-state index contributed by atoms with van der Waals surface area (Å²) in [7, 11) is 1.12. The van der Waals surface area contributed by atoms with Crippen molar-refractivity contribution in [2.75, 3.05) is 7.11 Å².